The monoisotopic (exact) mass is 710 g/mol. The fourth-order valence-electron chi connectivity index (χ4n) is 8.65. The van der Waals surface area contributed by atoms with Gasteiger partial charge >= 0.3 is 5.69 Å². The number of amides is 2. The molecule has 4 aromatic rings. The highest BCUT2D eigenvalue weighted by atomic mass is 16.5. The number of likely N-dealkylation sites (tertiary alicyclic amines) is 2. The highest BCUT2D eigenvalue weighted by Crippen LogP contribution is 2.43. The molecule has 3 saturated heterocycles. The summed E-state index contributed by atoms with van der Waals surface area (Å²) in [6.45, 7) is 9.50. The van der Waals surface area contributed by atoms with Crippen LogP contribution in [0.2, 0.25) is 0 Å². The lowest BCUT2D eigenvalue weighted by Crippen LogP contribution is -2.46. The number of aromatic nitrogens is 3. The summed E-state index contributed by atoms with van der Waals surface area (Å²) in [4.78, 5) is 55.0. The number of carbonyl (C=O) groups is 2. The zero-order chi connectivity index (χ0) is 36.9. The normalized spacial score (nSPS) is 19.7. The van der Waals surface area contributed by atoms with Crippen LogP contribution in [0.5, 0.6) is 11.5 Å². The molecule has 52 heavy (non-hydrogen) atoms. The van der Waals surface area contributed by atoms with Crippen LogP contribution in [-0.2, 0) is 36.8 Å². The van der Waals surface area contributed by atoms with Crippen LogP contribution >= 0.6 is 0 Å². The minimum absolute atomic E-state index is 0.0118. The Morgan fingerprint density at radius 1 is 0.808 bits per heavy atom. The molecule has 3 aliphatic rings. The van der Waals surface area contributed by atoms with E-state index < -0.39 is 11.9 Å². The van der Waals surface area contributed by atoms with Crippen LogP contribution in [0.25, 0.3) is 22.2 Å². The van der Waals surface area contributed by atoms with Gasteiger partial charge in [0.05, 0.1) is 30.8 Å². The smallest absolute Gasteiger partial charge is 0.329 e. The van der Waals surface area contributed by atoms with Gasteiger partial charge in [-0.1, -0.05) is 6.07 Å². The average molecular weight is 711 g/mol. The third kappa shape index (κ3) is 6.47. The number of rotatable bonds is 8. The fourth-order valence-corrected chi connectivity index (χ4v) is 8.65. The van der Waals surface area contributed by atoms with E-state index in [1.165, 1.54) is 4.57 Å². The number of ether oxygens (including phenoxy) is 2. The third-order valence-electron chi connectivity index (χ3n) is 12.1. The molecular weight excluding hydrogens is 660 g/mol. The lowest BCUT2D eigenvalue weighted by Gasteiger charge is -2.47. The van der Waals surface area contributed by atoms with Crippen molar-refractivity contribution in [2.45, 2.75) is 71.5 Å². The molecule has 2 amide bonds. The second kappa shape index (κ2) is 14.0. The molecule has 1 unspecified atom stereocenters. The van der Waals surface area contributed by atoms with Crippen LogP contribution in [-0.4, -0.2) is 75.7 Å². The van der Waals surface area contributed by atoms with Crippen LogP contribution in [0.15, 0.2) is 46.1 Å². The molecule has 276 valence electrons. The van der Waals surface area contributed by atoms with Crippen molar-refractivity contribution in [3.8, 4) is 22.6 Å². The largest absolute Gasteiger partial charge is 0.496 e. The zero-order valence-electron chi connectivity index (χ0n) is 31.2. The first-order chi connectivity index (χ1) is 24.9. The lowest BCUT2D eigenvalue weighted by molar-refractivity contribution is -0.135. The Labute approximate surface area is 303 Å². The van der Waals surface area contributed by atoms with Crippen molar-refractivity contribution in [3.05, 3.63) is 79.6 Å². The Balaban J connectivity index is 0.983. The molecule has 0 bridgehead atoms. The molecule has 1 atom stereocenters. The number of nitrogens with one attached hydrogen (secondary N) is 1. The molecular formula is C40H50N6O6. The van der Waals surface area contributed by atoms with Crippen molar-refractivity contribution in [2.75, 3.05) is 40.4 Å². The van der Waals surface area contributed by atoms with Crippen LogP contribution in [0.1, 0.15) is 66.8 Å². The molecule has 0 saturated carbocycles. The van der Waals surface area contributed by atoms with Gasteiger partial charge in [0.15, 0.2) is 0 Å². The number of hydrogen-bond acceptors (Lipinski definition) is 8. The molecule has 3 fully saturated rings. The number of benzene rings is 2. The second-order valence-electron chi connectivity index (χ2n) is 15.1. The highest BCUT2D eigenvalue weighted by Gasteiger charge is 2.38. The molecule has 1 spiro atoms. The van der Waals surface area contributed by atoms with E-state index in [9.17, 15) is 19.2 Å². The predicted octanol–water partition coefficient (Wildman–Crippen LogP) is 4.20. The van der Waals surface area contributed by atoms with Gasteiger partial charge in [0, 0.05) is 50.9 Å². The zero-order valence-corrected chi connectivity index (χ0v) is 31.2. The lowest BCUT2D eigenvalue weighted by atomic mass is 9.71. The Kier molecular flexibility index (Phi) is 9.64. The second-order valence-corrected chi connectivity index (χ2v) is 15.1. The molecule has 12 nitrogen and oxygen atoms in total. The molecule has 5 heterocycles. The van der Waals surface area contributed by atoms with Gasteiger partial charge in [-0.05, 0) is 119 Å². The maximum atomic E-state index is 13.2. The van der Waals surface area contributed by atoms with E-state index in [0.717, 1.165) is 121 Å². The summed E-state index contributed by atoms with van der Waals surface area (Å²) in [6.07, 6.45) is 7.07. The quantitative estimate of drug-likeness (QED) is 0.271. The summed E-state index contributed by atoms with van der Waals surface area (Å²) in [6, 6.07) is 9.53. The van der Waals surface area contributed by atoms with E-state index in [0.29, 0.717) is 11.8 Å². The minimum atomic E-state index is -0.680. The van der Waals surface area contributed by atoms with Gasteiger partial charge in [0.2, 0.25) is 11.8 Å². The maximum Gasteiger partial charge on any atom is 0.329 e. The van der Waals surface area contributed by atoms with Gasteiger partial charge in [-0.25, -0.2) is 4.79 Å². The number of fused-ring (bicyclic) bond motifs is 1. The van der Waals surface area contributed by atoms with Crippen LogP contribution in [0, 0.1) is 19.3 Å². The van der Waals surface area contributed by atoms with Crippen LogP contribution in [0.3, 0.4) is 0 Å². The first-order valence-corrected chi connectivity index (χ1v) is 18.3. The molecule has 1 N–H and O–H groups in total. The summed E-state index contributed by atoms with van der Waals surface area (Å²) in [7, 11) is 6.94. The summed E-state index contributed by atoms with van der Waals surface area (Å²) in [5.41, 5.74) is 7.47. The SMILES string of the molecule is COc1cc(-c2cn(C)c(=O)c(C)c2C)cc(OC)c1CN1CCC2(CCN(Cc3ccc4c(c3)n(C)c(=O)n4C3CCC(=O)NC3=O)CC2)CC1. The molecule has 2 aromatic carbocycles. The van der Waals surface area contributed by atoms with Crippen molar-refractivity contribution in [3.63, 3.8) is 0 Å². The third-order valence-corrected chi connectivity index (χ3v) is 12.1. The molecule has 0 radical (unpaired) electrons. The Bertz CT molecular complexity index is 2140. The van der Waals surface area contributed by atoms with E-state index in [1.54, 1.807) is 37.4 Å². The Hall–Kier alpha value is -4.68. The molecule has 2 aromatic heterocycles. The molecule has 12 heteroatoms. The van der Waals surface area contributed by atoms with Crippen molar-refractivity contribution in [1.82, 2.24) is 28.8 Å². The van der Waals surface area contributed by atoms with Gasteiger partial charge < -0.3 is 14.0 Å². The van der Waals surface area contributed by atoms with Crippen molar-refractivity contribution in [1.29, 1.82) is 0 Å². The molecule has 7 rings (SSSR count). The van der Waals surface area contributed by atoms with Crippen LogP contribution in [0.4, 0.5) is 0 Å². The van der Waals surface area contributed by atoms with Crippen molar-refractivity contribution in [2.24, 2.45) is 19.5 Å². The number of pyridine rings is 1. The van der Waals surface area contributed by atoms with Crippen molar-refractivity contribution >= 4 is 22.8 Å². The maximum absolute atomic E-state index is 13.2. The number of piperidine rings is 3. The standard InChI is InChI=1S/C40H50N6O6/c1-25-26(2)38(49)42(3)23-29(25)28-20-34(51-5)30(35(21-28)52-6)24-45-17-13-40(14-18-45)11-15-44(16-12-40)22-27-7-8-31-33(19-27)43(4)39(50)46(31)32-9-10-36(47)41-37(32)48/h7-8,19-21,23,32H,9-18,22,24H2,1-6H3,(H,41,47,48). The Morgan fingerprint density at radius 2 is 1.42 bits per heavy atom. The summed E-state index contributed by atoms with van der Waals surface area (Å²) in [5, 5.41) is 2.38. The van der Waals surface area contributed by atoms with Gasteiger partial charge in [0.1, 0.15) is 17.5 Å². The van der Waals surface area contributed by atoms with Gasteiger partial charge in [-0.2, -0.15) is 0 Å². The van der Waals surface area contributed by atoms with E-state index in [2.05, 4.69) is 39.4 Å². The average Bonchev–Trinajstić information content (AvgIpc) is 3.39. The number of nitrogens with zero attached hydrogens (tertiary/aromatic N) is 5. The van der Waals surface area contributed by atoms with E-state index in [4.69, 9.17) is 9.47 Å². The number of hydrogen-bond donors (Lipinski definition) is 1. The number of imide groups is 1. The highest BCUT2D eigenvalue weighted by molar-refractivity contribution is 6.00. The first kappa shape index (κ1) is 35.7. The summed E-state index contributed by atoms with van der Waals surface area (Å²) < 4.78 is 16.6. The van der Waals surface area contributed by atoms with E-state index in [1.807, 2.05) is 26.1 Å². The molecule has 3 aliphatic heterocycles. The Morgan fingerprint density at radius 3 is 2.02 bits per heavy atom. The van der Waals surface area contributed by atoms with Gasteiger partial charge in [-0.15, -0.1) is 0 Å². The van der Waals surface area contributed by atoms with Crippen molar-refractivity contribution < 1.29 is 19.1 Å². The van der Waals surface area contributed by atoms with E-state index >= 15 is 0 Å². The minimum Gasteiger partial charge on any atom is -0.496 e. The first-order valence-electron chi connectivity index (χ1n) is 18.3. The topological polar surface area (TPSA) is 120 Å². The number of aryl methyl sites for hydroxylation is 2. The number of carbonyl (C=O) groups excluding carboxylic acids is 2. The number of imidazole rings is 1. The fraction of sp³-hybridized carbons (Fsp3) is 0.500. The van der Waals surface area contributed by atoms with E-state index in [-0.39, 0.29) is 23.6 Å². The van der Waals surface area contributed by atoms with Crippen LogP contribution < -0.4 is 26.0 Å². The number of methoxy groups -OCH3 is 2. The summed E-state index contributed by atoms with van der Waals surface area (Å²) >= 11 is 0. The summed E-state index contributed by atoms with van der Waals surface area (Å²) in [5.74, 6) is 0.874. The van der Waals surface area contributed by atoms with Gasteiger partial charge in [0.25, 0.3) is 5.56 Å². The molecule has 0 aliphatic carbocycles. The predicted molar refractivity (Wildman–Crippen MR) is 200 cm³/mol. The van der Waals surface area contributed by atoms with Gasteiger partial charge in [-0.3, -0.25) is 38.6 Å².